The summed E-state index contributed by atoms with van der Waals surface area (Å²) in [6.45, 7) is 3.77. The molecule has 1 aromatic carbocycles. The van der Waals surface area contributed by atoms with E-state index in [9.17, 15) is 14.9 Å². The molecule has 0 saturated carbocycles. The van der Waals surface area contributed by atoms with Crippen molar-refractivity contribution < 1.29 is 9.72 Å². The van der Waals surface area contributed by atoms with Crippen LogP contribution < -0.4 is 5.43 Å². The zero-order valence-electron chi connectivity index (χ0n) is 12.2. The van der Waals surface area contributed by atoms with Crippen molar-refractivity contribution in [3.8, 4) is 0 Å². The SMILES string of the molecule is Cc1cc(C)n(CC(=O)N/N=C\c2cccc([N+](=O)[O-])c2)n1. The van der Waals surface area contributed by atoms with Gasteiger partial charge < -0.3 is 0 Å². The van der Waals surface area contributed by atoms with E-state index in [0.717, 1.165) is 11.4 Å². The maximum Gasteiger partial charge on any atom is 0.270 e. The lowest BCUT2D eigenvalue weighted by Crippen LogP contribution is -2.24. The predicted molar refractivity (Wildman–Crippen MR) is 80.5 cm³/mol. The fourth-order valence-corrected chi connectivity index (χ4v) is 1.90. The third-order valence-corrected chi connectivity index (χ3v) is 2.88. The number of non-ortho nitro benzene ring substituents is 1. The van der Waals surface area contributed by atoms with Crippen LogP contribution in [0.2, 0.25) is 0 Å². The molecule has 8 nitrogen and oxygen atoms in total. The number of hydrogen-bond donors (Lipinski definition) is 1. The molecule has 114 valence electrons. The van der Waals surface area contributed by atoms with E-state index in [2.05, 4.69) is 15.6 Å². The lowest BCUT2D eigenvalue weighted by atomic mass is 10.2. The first-order valence-corrected chi connectivity index (χ1v) is 6.53. The first-order valence-electron chi connectivity index (χ1n) is 6.53. The smallest absolute Gasteiger partial charge is 0.270 e. The number of nitro benzene ring substituents is 1. The quantitative estimate of drug-likeness (QED) is 0.514. The van der Waals surface area contributed by atoms with Gasteiger partial charge in [-0.2, -0.15) is 10.2 Å². The molecule has 0 spiro atoms. The van der Waals surface area contributed by atoms with Gasteiger partial charge in [-0.15, -0.1) is 0 Å². The van der Waals surface area contributed by atoms with E-state index in [1.807, 2.05) is 19.9 Å². The van der Waals surface area contributed by atoms with Gasteiger partial charge in [0.1, 0.15) is 6.54 Å². The highest BCUT2D eigenvalue weighted by molar-refractivity contribution is 5.83. The van der Waals surface area contributed by atoms with Gasteiger partial charge in [0.15, 0.2) is 0 Å². The number of amides is 1. The normalized spacial score (nSPS) is 10.8. The molecule has 1 heterocycles. The van der Waals surface area contributed by atoms with Crippen LogP contribution in [-0.4, -0.2) is 26.8 Å². The van der Waals surface area contributed by atoms with Gasteiger partial charge in [-0.3, -0.25) is 19.6 Å². The van der Waals surface area contributed by atoms with Crippen LogP contribution >= 0.6 is 0 Å². The molecule has 1 amide bonds. The van der Waals surface area contributed by atoms with E-state index in [-0.39, 0.29) is 18.1 Å². The zero-order chi connectivity index (χ0) is 16.1. The highest BCUT2D eigenvalue weighted by Gasteiger charge is 2.06. The summed E-state index contributed by atoms with van der Waals surface area (Å²) in [6, 6.07) is 7.84. The molecule has 0 bridgehead atoms. The highest BCUT2D eigenvalue weighted by atomic mass is 16.6. The van der Waals surface area contributed by atoms with E-state index in [0.29, 0.717) is 5.56 Å². The van der Waals surface area contributed by atoms with Crippen LogP contribution in [0, 0.1) is 24.0 Å². The summed E-state index contributed by atoms with van der Waals surface area (Å²) < 4.78 is 1.58. The van der Waals surface area contributed by atoms with Gasteiger partial charge in [0.2, 0.25) is 0 Å². The van der Waals surface area contributed by atoms with Crippen molar-refractivity contribution in [1.82, 2.24) is 15.2 Å². The van der Waals surface area contributed by atoms with Crippen molar-refractivity contribution in [3.05, 3.63) is 57.4 Å². The lowest BCUT2D eigenvalue weighted by Gasteiger charge is -2.02. The number of carbonyl (C=O) groups is 1. The minimum absolute atomic E-state index is 0.0297. The number of nitrogens with one attached hydrogen (secondary N) is 1. The number of rotatable bonds is 5. The maximum absolute atomic E-state index is 11.7. The molecule has 22 heavy (non-hydrogen) atoms. The molecule has 0 fully saturated rings. The number of hydrazone groups is 1. The summed E-state index contributed by atoms with van der Waals surface area (Å²) in [5.74, 6) is -0.326. The molecule has 0 radical (unpaired) electrons. The number of benzene rings is 1. The van der Waals surface area contributed by atoms with E-state index < -0.39 is 4.92 Å². The van der Waals surface area contributed by atoms with Crippen LogP contribution in [0.1, 0.15) is 17.0 Å². The summed E-state index contributed by atoms with van der Waals surface area (Å²) in [6.07, 6.45) is 1.35. The molecule has 1 N–H and O–H groups in total. The third-order valence-electron chi connectivity index (χ3n) is 2.88. The number of aryl methyl sites for hydroxylation is 2. The molecular formula is C14H15N5O3. The number of hydrogen-bond acceptors (Lipinski definition) is 5. The Hall–Kier alpha value is -3.03. The molecule has 0 aliphatic carbocycles. The van der Waals surface area contributed by atoms with Crippen molar-refractivity contribution in [1.29, 1.82) is 0 Å². The van der Waals surface area contributed by atoms with Crippen molar-refractivity contribution >= 4 is 17.8 Å². The Labute approximate surface area is 126 Å². The van der Waals surface area contributed by atoms with Crippen molar-refractivity contribution in [2.45, 2.75) is 20.4 Å². The largest absolute Gasteiger partial charge is 0.271 e. The van der Waals surface area contributed by atoms with Gasteiger partial charge in [0.25, 0.3) is 11.6 Å². The third kappa shape index (κ3) is 3.98. The molecule has 8 heteroatoms. The fraction of sp³-hybridized carbons (Fsp3) is 0.214. The Kier molecular flexibility index (Phi) is 4.62. The van der Waals surface area contributed by atoms with Crippen LogP contribution in [0.4, 0.5) is 5.69 Å². The molecule has 0 aliphatic heterocycles. The van der Waals surface area contributed by atoms with Crippen LogP contribution in [0.15, 0.2) is 35.4 Å². The zero-order valence-corrected chi connectivity index (χ0v) is 12.2. The average molecular weight is 301 g/mol. The van der Waals surface area contributed by atoms with Crippen LogP contribution in [0.5, 0.6) is 0 Å². The Morgan fingerprint density at radius 1 is 1.45 bits per heavy atom. The second kappa shape index (κ2) is 6.61. The fourth-order valence-electron chi connectivity index (χ4n) is 1.90. The molecular weight excluding hydrogens is 286 g/mol. The van der Waals surface area contributed by atoms with Crippen LogP contribution in [0.25, 0.3) is 0 Å². The average Bonchev–Trinajstić information content (AvgIpc) is 2.77. The monoisotopic (exact) mass is 301 g/mol. The molecule has 2 aromatic rings. The summed E-state index contributed by atoms with van der Waals surface area (Å²) in [4.78, 5) is 21.9. The maximum atomic E-state index is 11.7. The molecule has 2 rings (SSSR count). The van der Waals surface area contributed by atoms with Crippen LogP contribution in [0.3, 0.4) is 0 Å². The van der Waals surface area contributed by atoms with Gasteiger partial charge in [-0.25, -0.2) is 5.43 Å². The Morgan fingerprint density at radius 2 is 2.23 bits per heavy atom. The number of carbonyl (C=O) groups excluding carboxylic acids is 1. The van der Waals surface area contributed by atoms with Crippen LogP contribution in [-0.2, 0) is 11.3 Å². The van der Waals surface area contributed by atoms with Gasteiger partial charge in [-0.05, 0) is 19.9 Å². The number of nitro groups is 1. The second-order valence-corrected chi connectivity index (χ2v) is 4.73. The Morgan fingerprint density at radius 3 is 2.86 bits per heavy atom. The summed E-state index contributed by atoms with van der Waals surface area (Å²) in [5.41, 5.74) is 4.59. The summed E-state index contributed by atoms with van der Waals surface area (Å²) in [5, 5.41) is 18.6. The molecule has 1 aromatic heterocycles. The molecule has 0 saturated heterocycles. The second-order valence-electron chi connectivity index (χ2n) is 4.73. The topological polar surface area (TPSA) is 102 Å². The lowest BCUT2D eigenvalue weighted by molar-refractivity contribution is -0.384. The van der Waals surface area contributed by atoms with E-state index in [4.69, 9.17) is 0 Å². The van der Waals surface area contributed by atoms with Gasteiger partial charge in [-0.1, -0.05) is 12.1 Å². The molecule has 0 unspecified atom stereocenters. The van der Waals surface area contributed by atoms with Gasteiger partial charge in [0.05, 0.1) is 16.8 Å². The number of aromatic nitrogens is 2. The minimum atomic E-state index is -0.487. The summed E-state index contributed by atoms with van der Waals surface area (Å²) >= 11 is 0. The highest BCUT2D eigenvalue weighted by Crippen LogP contribution is 2.11. The Balaban J connectivity index is 1.94. The number of nitrogens with zero attached hydrogens (tertiary/aromatic N) is 4. The standard InChI is InChI=1S/C14H15N5O3/c1-10-6-11(2)18(17-10)9-14(20)16-15-8-12-4-3-5-13(7-12)19(21)22/h3-8H,9H2,1-2H3,(H,16,20)/b15-8-. The van der Waals surface area contributed by atoms with Gasteiger partial charge in [0, 0.05) is 23.4 Å². The Bertz CT molecular complexity index is 736. The molecule has 0 atom stereocenters. The van der Waals surface area contributed by atoms with E-state index >= 15 is 0 Å². The van der Waals surface area contributed by atoms with Crippen molar-refractivity contribution in [2.24, 2.45) is 5.10 Å². The first kappa shape index (κ1) is 15.4. The molecule has 0 aliphatic rings. The summed E-state index contributed by atoms with van der Waals surface area (Å²) in [7, 11) is 0. The predicted octanol–water partition coefficient (Wildman–Crippen LogP) is 1.56. The first-order chi connectivity index (χ1) is 10.5. The van der Waals surface area contributed by atoms with Crippen molar-refractivity contribution in [2.75, 3.05) is 0 Å². The van der Waals surface area contributed by atoms with Gasteiger partial charge >= 0.3 is 0 Å². The minimum Gasteiger partial charge on any atom is -0.271 e. The van der Waals surface area contributed by atoms with E-state index in [1.165, 1.54) is 18.3 Å². The van der Waals surface area contributed by atoms with E-state index in [1.54, 1.807) is 16.8 Å². The van der Waals surface area contributed by atoms with Crippen molar-refractivity contribution in [3.63, 3.8) is 0 Å².